The maximum atomic E-state index is 12.6. The molecule has 1 aromatic heterocycles. The van der Waals surface area contributed by atoms with Gasteiger partial charge in [-0.3, -0.25) is 9.69 Å². The molecule has 1 aliphatic heterocycles. The first-order valence-electron chi connectivity index (χ1n) is 9.26. The number of likely N-dealkylation sites (tertiary alicyclic amines) is 1. The summed E-state index contributed by atoms with van der Waals surface area (Å²) in [4.78, 5) is 15.0. The molecule has 1 atom stereocenters. The second-order valence-corrected chi connectivity index (χ2v) is 7.24. The van der Waals surface area contributed by atoms with Crippen LogP contribution in [0.5, 0.6) is 0 Å². The number of carbonyl (C=O) groups is 1. The summed E-state index contributed by atoms with van der Waals surface area (Å²) in [6, 6.07) is 7.88. The first kappa shape index (κ1) is 16.3. The van der Waals surface area contributed by atoms with E-state index in [1.54, 1.807) is 0 Å². The van der Waals surface area contributed by atoms with Crippen molar-refractivity contribution in [2.45, 2.75) is 51.6 Å². The SMILES string of the molecule is Cc1ccccc1C(=O)NC1CCc2onc(CN3CCCC3)c2C1. The molecule has 25 heavy (non-hydrogen) atoms. The van der Waals surface area contributed by atoms with Crippen molar-refractivity contribution in [2.24, 2.45) is 0 Å². The summed E-state index contributed by atoms with van der Waals surface area (Å²) in [5, 5.41) is 7.52. The van der Waals surface area contributed by atoms with Gasteiger partial charge in [-0.2, -0.15) is 0 Å². The fourth-order valence-electron chi connectivity index (χ4n) is 3.95. The third-order valence-corrected chi connectivity index (χ3v) is 5.42. The van der Waals surface area contributed by atoms with Gasteiger partial charge < -0.3 is 9.84 Å². The van der Waals surface area contributed by atoms with Crippen molar-refractivity contribution in [2.75, 3.05) is 13.1 Å². The summed E-state index contributed by atoms with van der Waals surface area (Å²) < 4.78 is 5.57. The minimum Gasteiger partial charge on any atom is -0.361 e. The molecule has 5 heteroatoms. The number of benzene rings is 1. The summed E-state index contributed by atoms with van der Waals surface area (Å²) in [5.74, 6) is 1.03. The zero-order valence-electron chi connectivity index (χ0n) is 14.8. The molecule has 0 bridgehead atoms. The predicted octanol–water partition coefficient (Wildman–Crippen LogP) is 2.87. The Morgan fingerprint density at radius 2 is 2.12 bits per heavy atom. The number of amides is 1. The molecule has 2 heterocycles. The van der Waals surface area contributed by atoms with E-state index in [4.69, 9.17) is 4.52 Å². The van der Waals surface area contributed by atoms with Gasteiger partial charge >= 0.3 is 0 Å². The highest BCUT2D eigenvalue weighted by Crippen LogP contribution is 2.26. The van der Waals surface area contributed by atoms with Crippen LogP contribution in [-0.4, -0.2) is 35.1 Å². The molecule has 5 nitrogen and oxygen atoms in total. The molecule has 2 aliphatic rings. The third kappa shape index (κ3) is 3.47. The van der Waals surface area contributed by atoms with E-state index in [2.05, 4.69) is 15.4 Å². The largest absolute Gasteiger partial charge is 0.361 e. The highest BCUT2D eigenvalue weighted by Gasteiger charge is 2.28. The Labute approximate surface area is 148 Å². The number of hydrogen-bond donors (Lipinski definition) is 1. The second kappa shape index (κ2) is 7.00. The maximum Gasteiger partial charge on any atom is 0.251 e. The van der Waals surface area contributed by atoms with Crippen LogP contribution in [0.4, 0.5) is 0 Å². The van der Waals surface area contributed by atoms with Gasteiger partial charge in [0.1, 0.15) is 11.5 Å². The van der Waals surface area contributed by atoms with Crippen LogP contribution in [0.15, 0.2) is 28.8 Å². The molecule has 1 amide bonds. The quantitative estimate of drug-likeness (QED) is 0.930. The van der Waals surface area contributed by atoms with Gasteiger partial charge in [0.2, 0.25) is 0 Å². The lowest BCUT2D eigenvalue weighted by atomic mass is 9.91. The van der Waals surface area contributed by atoms with Gasteiger partial charge in [-0.15, -0.1) is 0 Å². The summed E-state index contributed by atoms with van der Waals surface area (Å²) in [7, 11) is 0. The number of fused-ring (bicyclic) bond motifs is 1. The number of aryl methyl sites for hydroxylation is 2. The Balaban J connectivity index is 1.44. The van der Waals surface area contributed by atoms with E-state index in [1.165, 1.54) is 18.4 Å². The third-order valence-electron chi connectivity index (χ3n) is 5.42. The van der Waals surface area contributed by atoms with Gasteiger partial charge in [0.25, 0.3) is 5.91 Å². The zero-order valence-corrected chi connectivity index (χ0v) is 14.8. The smallest absolute Gasteiger partial charge is 0.251 e. The average Bonchev–Trinajstić information content (AvgIpc) is 3.26. The molecule has 2 aromatic rings. The molecule has 1 unspecified atom stereocenters. The molecule has 0 radical (unpaired) electrons. The highest BCUT2D eigenvalue weighted by molar-refractivity contribution is 5.95. The van der Waals surface area contributed by atoms with E-state index in [1.807, 2.05) is 31.2 Å². The highest BCUT2D eigenvalue weighted by atomic mass is 16.5. The fraction of sp³-hybridized carbons (Fsp3) is 0.500. The molecule has 0 saturated carbocycles. The number of carbonyl (C=O) groups excluding carboxylic acids is 1. The first-order valence-corrected chi connectivity index (χ1v) is 9.26. The molecule has 4 rings (SSSR count). The summed E-state index contributed by atoms with van der Waals surface area (Å²) in [6.07, 6.45) is 5.12. The average molecular weight is 339 g/mol. The monoisotopic (exact) mass is 339 g/mol. The lowest BCUT2D eigenvalue weighted by Crippen LogP contribution is -2.39. The van der Waals surface area contributed by atoms with E-state index in [9.17, 15) is 4.79 Å². The van der Waals surface area contributed by atoms with E-state index in [0.717, 1.165) is 61.5 Å². The lowest BCUT2D eigenvalue weighted by Gasteiger charge is -2.23. The number of hydrogen-bond acceptors (Lipinski definition) is 4. The first-order chi connectivity index (χ1) is 12.2. The number of nitrogens with zero attached hydrogens (tertiary/aromatic N) is 2. The number of rotatable bonds is 4. The standard InChI is InChI=1S/C20H25N3O2/c1-14-6-2-3-7-16(14)20(24)21-15-8-9-19-17(12-15)18(22-25-19)13-23-10-4-5-11-23/h2-3,6-7,15H,4-5,8-13H2,1H3,(H,21,24). The van der Waals surface area contributed by atoms with E-state index in [-0.39, 0.29) is 11.9 Å². The Kier molecular flexibility index (Phi) is 4.57. The molecular formula is C20H25N3O2. The molecular weight excluding hydrogens is 314 g/mol. The van der Waals surface area contributed by atoms with Gasteiger partial charge in [-0.25, -0.2) is 0 Å². The van der Waals surface area contributed by atoms with Crippen molar-refractivity contribution in [3.8, 4) is 0 Å². The lowest BCUT2D eigenvalue weighted by molar-refractivity contribution is 0.0932. The van der Waals surface area contributed by atoms with Crippen LogP contribution < -0.4 is 5.32 Å². The van der Waals surface area contributed by atoms with Gasteiger partial charge in [0, 0.05) is 30.1 Å². The van der Waals surface area contributed by atoms with Crippen LogP contribution in [-0.2, 0) is 19.4 Å². The number of nitrogens with one attached hydrogen (secondary N) is 1. The Morgan fingerprint density at radius 1 is 1.32 bits per heavy atom. The van der Waals surface area contributed by atoms with Crippen LogP contribution in [0.2, 0.25) is 0 Å². The van der Waals surface area contributed by atoms with E-state index >= 15 is 0 Å². The van der Waals surface area contributed by atoms with Gasteiger partial charge in [-0.05, 0) is 57.3 Å². The van der Waals surface area contributed by atoms with Crippen LogP contribution in [0, 0.1) is 6.92 Å². The molecule has 132 valence electrons. The molecule has 1 fully saturated rings. The molecule has 1 N–H and O–H groups in total. The van der Waals surface area contributed by atoms with Crippen molar-refractivity contribution in [1.29, 1.82) is 0 Å². The molecule has 0 spiro atoms. The Hall–Kier alpha value is -2.14. The minimum absolute atomic E-state index is 0.0177. The number of aromatic nitrogens is 1. The van der Waals surface area contributed by atoms with Crippen molar-refractivity contribution in [3.63, 3.8) is 0 Å². The normalized spacial score (nSPS) is 20.4. The molecule has 1 aromatic carbocycles. The minimum atomic E-state index is 0.0177. The van der Waals surface area contributed by atoms with Crippen molar-refractivity contribution < 1.29 is 9.32 Å². The van der Waals surface area contributed by atoms with Crippen molar-refractivity contribution >= 4 is 5.91 Å². The topological polar surface area (TPSA) is 58.4 Å². The van der Waals surface area contributed by atoms with Crippen molar-refractivity contribution in [3.05, 3.63) is 52.4 Å². The zero-order chi connectivity index (χ0) is 17.2. The van der Waals surface area contributed by atoms with Crippen LogP contribution in [0.1, 0.15) is 52.2 Å². The van der Waals surface area contributed by atoms with Gasteiger partial charge in [0.15, 0.2) is 0 Å². The van der Waals surface area contributed by atoms with E-state index < -0.39 is 0 Å². The van der Waals surface area contributed by atoms with Crippen LogP contribution in [0.25, 0.3) is 0 Å². The van der Waals surface area contributed by atoms with E-state index in [0.29, 0.717) is 0 Å². The van der Waals surface area contributed by atoms with Gasteiger partial charge in [0.05, 0.1) is 0 Å². The van der Waals surface area contributed by atoms with Crippen LogP contribution in [0.3, 0.4) is 0 Å². The fourth-order valence-corrected chi connectivity index (χ4v) is 3.95. The van der Waals surface area contributed by atoms with Crippen molar-refractivity contribution in [1.82, 2.24) is 15.4 Å². The second-order valence-electron chi connectivity index (χ2n) is 7.24. The maximum absolute atomic E-state index is 12.6. The van der Waals surface area contributed by atoms with Crippen LogP contribution >= 0.6 is 0 Å². The Bertz CT molecular complexity index is 762. The summed E-state index contributed by atoms with van der Waals surface area (Å²) in [5.41, 5.74) is 4.05. The summed E-state index contributed by atoms with van der Waals surface area (Å²) >= 11 is 0. The molecule has 1 saturated heterocycles. The predicted molar refractivity (Wildman–Crippen MR) is 95.5 cm³/mol. The Morgan fingerprint density at radius 3 is 2.92 bits per heavy atom. The molecule has 1 aliphatic carbocycles. The summed E-state index contributed by atoms with van der Waals surface area (Å²) in [6.45, 7) is 5.14. The van der Waals surface area contributed by atoms with Gasteiger partial charge in [-0.1, -0.05) is 23.4 Å².